The standard InChI is InChI=1S/C12H16B7Br/c13-4-2-5(14)6(20)1-3(4)7-8(15)10(17)12(19)11(18)9(7)16/h1-2H,13-19H2. The fourth-order valence-electron chi connectivity index (χ4n) is 3.00. The van der Waals surface area contributed by atoms with Crippen LogP contribution in [0.1, 0.15) is 0 Å². The third kappa shape index (κ3) is 2.48. The summed E-state index contributed by atoms with van der Waals surface area (Å²) in [7, 11) is 15.5. The van der Waals surface area contributed by atoms with Crippen LogP contribution in [0.25, 0.3) is 11.1 Å². The first-order valence-electron chi connectivity index (χ1n) is 7.09. The monoisotopic (exact) mass is 316 g/mol. The molecule has 0 spiro atoms. The van der Waals surface area contributed by atoms with Crippen LogP contribution in [-0.4, -0.2) is 54.9 Å². The van der Waals surface area contributed by atoms with E-state index in [0.717, 1.165) is 0 Å². The van der Waals surface area contributed by atoms with E-state index in [4.69, 9.17) is 0 Å². The highest BCUT2D eigenvalue weighted by molar-refractivity contribution is 9.10. The molecule has 8 heteroatoms. The van der Waals surface area contributed by atoms with Crippen molar-refractivity contribution in [2.24, 2.45) is 0 Å². The van der Waals surface area contributed by atoms with Crippen LogP contribution < -0.4 is 38.2 Å². The van der Waals surface area contributed by atoms with Gasteiger partial charge in [0.2, 0.25) is 0 Å². The van der Waals surface area contributed by atoms with Crippen LogP contribution in [0.5, 0.6) is 0 Å². The molecule has 0 unspecified atom stereocenters. The molecule has 0 aromatic heterocycles. The largest absolute Gasteiger partial charge is 0.140 e. The smallest absolute Gasteiger partial charge is 0.102 e. The van der Waals surface area contributed by atoms with Crippen molar-refractivity contribution in [1.29, 1.82) is 0 Å². The van der Waals surface area contributed by atoms with Gasteiger partial charge in [0, 0.05) is 4.47 Å². The van der Waals surface area contributed by atoms with Gasteiger partial charge in [-0.1, -0.05) is 43.8 Å². The SMILES string of the molecule is Bc1cc(B)c(-c2c(B)c(B)c(B)c(B)c2B)cc1Br. The summed E-state index contributed by atoms with van der Waals surface area (Å²) in [5.74, 6) is 0. The van der Waals surface area contributed by atoms with E-state index in [2.05, 4.69) is 83.0 Å². The molecule has 2 rings (SSSR count). The Kier molecular flexibility index (Phi) is 4.44. The lowest BCUT2D eigenvalue weighted by Gasteiger charge is -2.22. The molecular weight excluding hydrogens is 300 g/mol. The van der Waals surface area contributed by atoms with Crippen molar-refractivity contribution < 1.29 is 0 Å². The Morgan fingerprint density at radius 3 is 1.55 bits per heavy atom. The number of hydrogen-bond acceptors (Lipinski definition) is 0. The summed E-state index contributed by atoms with van der Waals surface area (Å²) < 4.78 is 1.19. The number of halogens is 1. The van der Waals surface area contributed by atoms with Crippen molar-refractivity contribution in [1.82, 2.24) is 0 Å². The van der Waals surface area contributed by atoms with Gasteiger partial charge in [-0.15, -0.1) is 16.4 Å². The first kappa shape index (κ1) is 15.8. The predicted molar refractivity (Wildman–Crippen MR) is 117 cm³/mol. The Hall–Kier alpha value is -0.625. The minimum atomic E-state index is 1.19. The van der Waals surface area contributed by atoms with Gasteiger partial charge >= 0.3 is 0 Å². The molecule has 2 aromatic carbocycles. The average molecular weight is 316 g/mol. The topological polar surface area (TPSA) is 0 Å². The van der Waals surface area contributed by atoms with E-state index in [0.29, 0.717) is 0 Å². The van der Waals surface area contributed by atoms with Gasteiger partial charge in [-0.3, -0.25) is 0 Å². The summed E-state index contributed by atoms with van der Waals surface area (Å²) in [6.45, 7) is 0. The van der Waals surface area contributed by atoms with Crippen molar-refractivity contribution >= 4 is 109 Å². The van der Waals surface area contributed by atoms with Crippen LogP contribution in [0.4, 0.5) is 0 Å². The number of hydrogen-bond donors (Lipinski definition) is 0. The van der Waals surface area contributed by atoms with Crippen LogP contribution >= 0.6 is 15.9 Å². The minimum Gasteiger partial charge on any atom is -0.102 e. The second kappa shape index (κ2) is 5.63. The number of rotatable bonds is 1. The van der Waals surface area contributed by atoms with Crippen LogP contribution in [0, 0.1) is 0 Å². The molecule has 0 nitrogen and oxygen atoms in total. The molecule has 0 bridgehead atoms. The van der Waals surface area contributed by atoms with Crippen LogP contribution in [-0.2, 0) is 0 Å². The molecule has 0 saturated heterocycles. The molecule has 0 N–H and O–H groups in total. The van der Waals surface area contributed by atoms with E-state index in [1.54, 1.807) is 0 Å². The lowest BCUT2D eigenvalue weighted by atomic mass is 9.59. The summed E-state index contributed by atoms with van der Waals surface area (Å²) in [5, 5.41) is 0. The van der Waals surface area contributed by atoms with Gasteiger partial charge in [-0.2, -0.15) is 0 Å². The van der Waals surface area contributed by atoms with E-state index in [1.165, 1.54) is 53.8 Å². The van der Waals surface area contributed by atoms with E-state index in [9.17, 15) is 0 Å². The Balaban J connectivity index is 2.87. The zero-order valence-corrected chi connectivity index (χ0v) is 15.1. The zero-order valence-electron chi connectivity index (χ0n) is 13.5. The van der Waals surface area contributed by atoms with Gasteiger partial charge in [-0.05, 0) is 17.2 Å². The van der Waals surface area contributed by atoms with Gasteiger partial charge in [-0.25, -0.2) is 0 Å². The zero-order chi connectivity index (χ0) is 15.2. The third-order valence-corrected chi connectivity index (χ3v) is 5.63. The van der Waals surface area contributed by atoms with Gasteiger partial charge in [0.1, 0.15) is 54.9 Å². The Morgan fingerprint density at radius 2 is 1.05 bits per heavy atom. The maximum Gasteiger partial charge on any atom is 0.140 e. The normalized spacial score (nSPS) is 10.7. The van der Waals surface area contributed by atoms with Crippen molar-refractivity contribution in [3.63, 3.8) is 0 Å². The number of benzene rings is 2. The molecule has 0 amide bonds. The maximum atomic E-state index is 3.68. The van der Waals surface area contributed by atoms with Gasteiger partial charge in [0.15, 0.2) is 0 Å². The molecule has 2 aromatic rings. The fraction of sp³-hybridized carbons (Fsp3) is 0. The predicted octanol–water partition coefficient (Wildman–Crippen LogP) is -8.08. The van der Waals surface area contributed by atoms with Crippen LogP contribution in [0.3, 0.4) is 0 Å². The molecule has 0 fully saturated rings. The van der Waals surface area contributed by atoms with Crippen molar-refractivity contribution in [3.05, 3.63) is 16.6 Å². The molecule has 0 aliphatic carbocycles. The second-order valence-electron chi connectivity index (χ2n) is 5.92. The van der Waals surface area contributed by atoms with Crippen LogP contribution in [0.2, 0.25) is 0 Å². The summed E-state index contributed by atoms with van der Waals surface area (Å²) in [6.07, 6.45) is 0. The lowest BCUT2D eigenvalue weighted by molar-refractivity contribution is 1.73. The third-order valence-electron chi connectivity index (χ3n) is 4.77. The van der Waals surface area contributed by atoms with Crippen LogP contribution in [0.15, 0.2) is 16.6 Å². The van der Waals surface area contributed by atoms with E-state index in [1.807, 2.05) is 0 Å². The highest BCUT2D eigenvalue weighted by Gasteiger charge is 2.15. The summed E-state index contributed by atoms with van der Waals surface area (Å²) in [4.78, 5) is 0. The molecule has 0 radical (unpaired) electrons. The van der Waals surface area contributed by atoms with Crippen molar-refractivity contribution in [3.8, 4) is 11.1 Å². The summed E-state index contributed by atoms with van der Waals surface area (Å²) >= 11 is 3.68. The fourth-order valence-corrected chi connectivity index (χ4v) is 3.34. The molecule has 0 aliphatic rings. The molecule has 20 heavy (non-hydrogen) atoms. The van der Waals surface area contributed by atoms with Gasteiger partial charge in [0.25, 0.3) is 0 Å². The first-order valence-corrected chi connectivity index (χ1v) is 7.89. The van der Waals surface area contributed by atoms with E-state index < -0.39 is 0 Å². The molecule has 0 heterocycles. The summed E-state index contributed by atoms with van der Waals surface area (Å²) in [6, 6.07) is 4.54. The summed E-state index contributed by atoms with van der Waals surface area (Å²) in [5.41, 5.74) is 12.5. The van der Waals surface area contributed by atoms with Gasteiger partial charge in [0.05, 0.1) is 0 Å². The van der Waals surface area contributed by atoms with Gasteiger partial charge < -0.3 is 0 Å². The molecule has 92 valence electrons. The van der Waals surface area contributed by atoms with Crippen molar-refractivity contribution in [2.75, 3.05) is 0 Å². The van der Waals surface area contributed by atoms with E-state index >= 15 is 0 Å². The Morgan fingerprint density at radius 1 is 0.600 bits per heavy atom. The Labute approximate surface area is 136 Å². The minimum absolute atomic E-state index is 1.19. The second-order valence-corrected chi connectivity index (χ2v) is 6.77. The lowest BCUT2D eigenvalue weighted by Crippen LogP contribution is -2.55. The highest BCUT2D eigenvalue weighted by Crippen LogP contribution is 2.15. The van der Waals surface area contributed by atoms with E-state index in [-0.39, 0.29) is 0 Å². The molecule has 0 aliphatic heterocycles. The maximum absolute atomic E-state index is 3.68. The quantitative estimate of drug-likeness (QED) is 0.459. The Bertz CT molecular complexity index is 683. The average Bonchev–Trinajstić information content (AvgIpc) is 2.40. The highest BCUT2D eigenvalue weighted by atomic mass is 79.9. The molecular formula is C12H16B7Br. The molecule has 0 saturated carbocycles. The molecule has 0 atom stereocenters. The first-order chi connectivity index (χ1) is 9.25. The van der Waals surface area contributed by atoms with Crippen molar-refractivity contribution in [2.45, 2.75) is 0 Å².